The number of nitriles is 1. The molecule has 0 bridgehead atoms. The van der Waals surface area contributed by atoms with Gasteiger partial charge < -0.3 is 5.73 Å². The molecule has 1 saturated carbocycles. The first-order chi connectivity index (χ1) is 8.56. The molecule has 7 heteroatoms. The van der Waals surface area contributed by atoms with E-state index in [1.807, 2.05) is 6.07 Å². The summed E-state index contributed by atoms with van der Waals surface area (Å²) in [6, 6.07) is 4.86. The molecular weight excluding hydrogens is 270 g/mol. The lowest BCUT2D eigenvalue weighted by Crippen LogP contribution is -2.39. The summed E-state index contributed by atoms with van der Waals surface area (Å²) >= 11 is 0.989. The zero-order valence-electron chi connectivity index (χ0n) is 9.80. The van der Waals surface area contributed by atoms with Crippen molar-refractivity contribution in [3.8, 4) is 6.07 Å². The molecule has 0 amide bonds. The van der Waals surface area contributed by atoms with Crippen molar-refractivity contribution in [2.75, 3.05) is 6.54 Å². The number of rotatable bonds is 4. The molecule has 1 heterocycles. The van der Waals surface area contributed by atoms with Gasteiger partial charge in [0.2, 0.25) is 10.0 Å². The van der Waals surface area contributed by atoms with Gasteiger partial charge in [-0.05, 0) is 37.4 Å². The molecule has 1 aromatic rings. The second-order valence-corrected chi connectivity index (χ2v) is 7.41. The summed E-state index contributed by atoms with van der Waals surface area (Å²) in [5, 5.41) is 8.71. The number of nitrogens with two attached hydrogens (primary N) is 1. The maximum absolute atomic E-state index is 12.1. The maximum Gasteiger partial charge on any atom is 0.250 e. The molecule has 3 N–H and O–H groups in total. The molecule has 0 radical (unpaired) electrons. The van der Waals surface area contributed by atoms with Gasteiger partial charge in [0.1, 0.15) is 15.2 Å². The highest BCUT2D eigenvalue weighted by Gasteiger charge is 2.30. The first-order valence-corrected chi connectivity index (χ1v) is 8.09. The summed E-state index contributed by atoms with van der Waals surface area (Å²) < 4.78 is 27.2. The van der Waals surface area contributed by atoms with Crippen molar-refractivity contribution in [2.45, 2.75) is 29.5 Å². The van der Waals surface area contributed by atoms with Crippen molar-refractivity contribution in [2.24, 2.45) is 11.7 Å². The third-order valence-corrected chi connectivity index (χ3v) is 6.20. The zero-order chi connectivity index (χ0) is 13.2. The summed E-state index contributed by atoms with van der Waals surface area (Å²) in [6.45, 7) is 0.501. The lowest BCUT2D eigenvalue weighted by atomic mass is 10.1. The number of hydrogen-bond donors (Lipinski definition) is 2. The molecule has 2 rings (SSSR count). The fourth-order valence-corrected chi connectivity index (χ4v) is 4.72. The van der Waals surface area contributed by atoms with Crippen LogP contribution in [-0.2, 0) is 10.0 Å². The minimum Gasteiger partial charge on any atom is -0.330 e. The van der Waals surface area contributed by atoms with Crippen LogP contribution < -0.4 is 10.5 Å². The lowest BCUT2D eigenvalue weighted by molar-refractivity contribution is 0.453. The Morgan fingerprint density at radius 3 is 2.89 bits per heavy atom. The Morgan fingerprint density at radius 1 is 1.50 bits per heavy atom. The van der Waals surface area contributed by atoms with Crippen molar-refractivity contribution >= 4 is 21.4 Å². The topological polar surface area (TPSA) is 96.0 Å². The van der Waals surface area contributed by atoms with E-state index in [0.717, 1.165) is 30.6 Å². The lowest BCUT2D eigenvalue weighted by Gasteiger charge is -2.18. The third kappa shape index (κ3) is 2.72. The van der Waals surface area contributed by atoms with Gasteiger partial charge in [0.25, 0.3) is 0 Å². The summed E-state index contributed by atoms with van der Waals surface area (Å²) in [5.74, 6) is 0.218. The van der Waals surface area contributed by atoms with Crippen molar-refractivity contribution in [3.05, 3.63) is 17.0 Å². The average molecular weight is 285 g/mol. The predicted octanol–water partition coefficient (Wildman–Crippen LogP) is 1.03. The van der Waals surface area contributed by atoms with Crippen molar-refractivity contribution < 1.29 is 8.42 Å². The van der Waals surface area contributed by atoms with Crippen LogP contribution in [-0.4, -0.2) is 21.0 Å². The largest absolute Gasteiger partial charge is 0.330 e. The summed E-state index contributed by atoms with van der Waals surface area (Å²) in [6.07, 6.45) is 2.80. The normalized spacial score (nSPS) is 24.0. The van der Waals surface area contributed by atoms with Crippen LogP contribution in [0.1, 0.15) is 24.1 Å². The van der Waals surface area contributed by atoms with Crippen LogP contribution in [0.4, 0.5) is 0 Å². The zero-order valence-corrected chi connectivity index (χ0v) is 11.4. The maximum atomic E-state index is 12.1. The van der Waals surface area contributed by atoms with Gasteiger partial charge in [0, 0.05) is 6.04 Å². The van der Waals surface area contributed by atoms with Gasteiger partial charge in [0.15, 0.2) is 0 Å². The van der Waals surface area contributed by atoms with E-state index in [0.29, 0.717) is 11.4 Å². The molecule has 2 unspecified atom stereocenters. The van der Waals surface area contributed by atoms with Gasteiger partial charge >= 0.3 is 0 Å². The Morgan fingerprint density at radius 2 is 2.28 bits per heavy atom. The van der Waals surface area contributed by atoms with E-state index in [9.17, 15) is 8.42 Å². The smallest absolute Gasteiger partial charge is 0.250 e. The monoisotopic (exact) mass is 285 g/mol. The minimum absolute atomic E-state index is 0.0763. The van der Waals surface area contributed by atoms with E-state index in [-0.39, 0.29) is 16.2 Å². The van der Waals surface area contributed by atoms with E-state index in [1.54, 1.807) is 0 Å². The Hall–Kier alpha value is -0.940. The molecule has 0 aliphatic heterocycles. The molecular formula is C11H15N3O2S2. The van der Waals surface area contributed by atoms with E-state index >= 15 is 0 Å². The fraction of sp³-hybridized carbons (Fsp3) is 0.545. The highest BCUT2D eigenvalue weighted by atomic mass is 32.2. The second-order valence-electron chi connectivity index (χ2n) is 4.38. The first kappa shape index (κ1) is 13.5. The van der Waals surface area contributed by atoms with Gasteiger partial charge in [-0.1, -0.05) is 6.42 Å². The van der Waals surface area contributed by atoms with Gasteiger partial charge in [-0.2, -0.15) is 5.26 Å². The summed E-state index contributed by atoms with van der Waals surface area (Å²) in [5.41, 5.74) is 5.63. The van der Waals surface area contributed by atoms with Gasteiger partial charge in [-0.3, -0.25) is 0 Å². The van der Waals surface area contributed by atoms with Crippen LogP contribution in [0, 0.1) is 17.2 Å². The third-order valence-electron chi connectivity index (χ3n) is 3.22. The van der Waals surface area contributed by atoms with Crippen LogP contribution in [0.3, 0.4) is 0 Å². The van der Waals surface area contributed by atoms with Crippen LogP contribution in [0.2, 0.25) is 0 Å². The standard InChI is InChI=1S/C11H15N3O2S2/c12-6-8-2-1-3-10(8)14-18(15,16)11-5-4-9(7-13)17-11/h4-5,8,10,14H,1-3,6,12H2. The molecule has 18 heavy (non-hydrogen) atoms. The van der Waals surface area contributed by atoms with E-state index in [4.69, 9.17) is 11.0 Å². The number of nitrogens with one attached hydrogen (secondary N) is 1. The molecule has 1 aliphatic rings. The first-order valence-electron chi connectivity index (χ1n) is 5.79. The van der Waals surface area contributed by atoms with Crippen LogP contribution in [0.25, 0.3) is 0 Å². The molecule has 0 aromatic carbocycles. The predicted molar refractivity (Wildman–Crippen MR) is 69.5 cm³/mol. The quantitative estimate of drug-likeness (QED) is 0.863. The van der Waals surface area contributed by atoms with Crippen LogP contribution in [0.15, 0.2) is 16.3 Å². The van der Waals surface area contributed by atoms with Gasteiger partial charge in [0.05, 0.1) is 0 Å². The van der Waals surface area contributed by atoms with Crippen molar-refractivity contribution in [1.82, 2.24) is 4.72 Å². The molecule has 1 fully saturated rings. The number of sulfonamides is 1. The number of thiophene rings is 1. The van der Waals surface area contributed by atoms with Crippen molar-refractivity contribution in [3.63, 3.8) is 0 Å². The Balaban J connectivity index is 2.14. The number of hydrogen-bond acceptors (Lipinski definition) is 5. The van der Waals surface area contributed by atoms with E-state index < -0.39 is 10.0 Å². The van der Waals surface area contributed by atoms with E-state index in [2.05, 4.69) is 4.72 Å². The molecule has 5 nitrogen and oxygen atoms in total. The molecule has 0 spiro atoms. The van der Waals surface area contributed by atoms with Gasteiger partial charge in [-0.15, -0.1) is 11.3 Å². The average Bonchev–Trinajstić information content (AvgIpc) is 2.96. The van der Waals surface area contributed by atoms with Gasteiger partial charge in [-0.25, -0.2) is 13.1 Å². The van der Waals surface area contributed by atoms with Crippen LogP contribution in [0.5, 0.6) is 0 Å². The SMILES string of the molecule is N#Cc1ccc(S(=O)(=O)NC2CCCC2CN)s1. The van der Waals surface area contributed by atoms with Crippen molar-refractivity contribution in [1.29, 1.82) is 5.26 Å². The Labute approximate surface area is 111 Å². The van der Waals surface area contributed by atoms with Crippen LogP contribution >= 0.6 is 11.3 Å². The molecule has 1 aromatic heterocycles. The van der Waals surface area contributed by atoms with E-state index in [1.165, 1.54) is 12.1 Å². The molecule has 2 atom stereocenters. The highest BCUT2D eigenvalue weighted by molar-refractivity contribution is 7.91. The summed E-state index contributed by atoms with van der Waals surface area (Å²) in [4.78, 5) is 0.400. The minimum atomic E-state index is -3.51. The molecule has 1 aliphatic carbocycles. The molecule has 98 valence electrons. The molecule has 0 saturated heterocycles. The Bertz CT molecular complexity index is 559. The second kappa shape index (κ2) is 5.36. The summed E-state index contributed by atoms with van der Waals surface area (Å²) in [7, 11) is -3.51. The highest BCUT2D eigenvalue weighted by Crippen LogP contribution is 2.27. The Kier molecular flexibility index (Phi) is 4.02. The number of nitrogens with zero attached hydrogens (tertiary/aromatic N) is 1. The fourth-order valence-electron chi connectivity index (χ4n) is 2.26.